The number of benzene rings is 2. The molecule has 1 aliphatic rings. The summed E-state index contributed by atoms with van der Waals surface area (Å²) in [7, 11) is 1.54. The van der Waals surface area contributed by atoms with Gasteiger partial charge in [0.05, 0.1) is 6.20 Å². The largest absolute Gasteiger partial charge is 0.453 e. The maximum atomic E-state index is 13.2. The normalized spacial score (nSPS) is 14.2. The Morgan fingerprint density at radius 2 is 1.73 bits per heavy atom. The van der Waals surface area contributed by atoms with Gasteiger partial charge in [-0.1, -0.05) is 6.92 Å². The third kappa shape index (κ3) is 5.20. The molecule has 0 unspecified atom stereocenters. The number of likely N-dealkylation sites (N-methyl/N-ethyl adjacent to an activating group) is 1. The van der Waals surface area contributed by atoms with Crippen molar-refractivity contribution < 1.29 is 13.9 Å². The van der Waals surface area contributed by atoms with Crippen molar-refractivity contribution in [3.05, 3.63) is 76.5 Å². The Bertz CT molecular complexity index is 1170. The zero-order valence-corrected chi connectivity index (χ0v) is 18.6. The van der Waals surface area contributed by atoms with E-state index in [1.54, 1.807) is 24.3 Å². The molecule has 8 nitrogen and oxygen atoms in total. The molecule has 0 bridgehead atoms. The van der Waals surface area contributed by atoms with E-state index in [4.69, 9.17) is 4.74 Å². The highest BCUT2D eigenvalue weighted by molar-refractivity contribution is 5.94. The molecule has 1 saturated heterocycles. The molecule has 1 fully saturated rings. The van der Waals surface area contributed by atoms with Crippen molar-refractivity contribution in [2.24, 2.45) is 7.05 Å². The van der Waals surface area contributed by atoms with Crippen LogP contribution in [0.2, 0.25) is 0 Å². The van der Waals surface area contributed by atoms with E-state index in [-0.39, 0.29) is 28.7 Å². The maximum Gasteiger partial charge on any atom is 0.294 e. The molecule has 0 spiro atoms. The number of nitrogens with zero attached hydrogens (tertiary/aromatic N) is 4. The number of carbonyl (C=O) groups is 1. The smallest absolute Gasteiger partial charge is 0.294 e. The number of aromatic nitrogens is 2. The van der Waals surface area contributed by atoms with Crippen molar-refractivity contribution in [2.75, 3.05) is 38.0 Å². The molecule has 4 rings (SSSR count). The molecule has 0 atom stereocenters. The van der Waals surface area contributed by atoms with Crippen LogP contribution < -0.4 is 15.6 Å². The monoisotopic (exact) mass is 451 g/mol. The van der Waals surface area contributed by atoms with Crippen LogP contribution in [0.4, 0.5) is 15.8 Å². The zero-order valence-electron chi connectivity index (χ0n) is 18.6. The number of hydrogen-bond donors (Lipinski definition) is 1. The van der Waals surface area contributed by atoms with E-state index in [2.05, 4.69) is 22.2 Å². The summed E-state index contributed by atoms with van der Waals surface area (Å²) in [5, 5.41) is 7.08. The minimum atomic E-state index is -0.386. The number of piperazine rings is 1. The van der Waals surface area contributed by atoms with E-state index in [0.717, 1.165) is 19.6 Å². The lowest BCUT2D eigenvalue weighted by Crippen LogP contribution is -2.48. The van der Waals surface area contributed by atoms with E-state index < -0.39 is 0 Å². The highest BCUT2D eigenvalue weighted by atomic mass is 19.1. The third-order valence-electron chi connectivity index (χ3n) is 5.65. The molecule has 2 heterocycles. The predicted octanol–water partition coefficient (Wildman–Crippen LogP) is 3.23. The molecule has 1 amide bonds. The van der Waals surface area contributed by atoms with Crippen LogP contribution in [0.5, 0.6) is 11.5 Å². The number of amides is 1. The van der Waals surface area contributed by atoms with Crippen molar-refractivity contribution in [1.29, 1.82) is 0 Å². The Balaban J connectivity index is 1.51. The average Bonchev–Trinajstić information content (AvgIpc) is 2.85. The van der Waals surface area contributed by atoms with E-state index in [1.807, 2.05) is 4.90 Å². The van der Waals surface area contributed by atoms with Gasteiger partial charge in [-0.2, -0.15) is 5.10 Å². The van der Waals surface area contributed by atoms with Crippen molar-refractivity contribution in [1.82, 2.24) is 19.6 Å². The van der Waals surface area contributed by atoms with E-state index in [9.17, 15) is 14.0 Å². The molecule has 33 heavy (non-hydrogen) atoms. The van der Waals surface area contributed by atoms with Gasteiger partial charge in [0.15, 0.2) is 11.4 Å². The summed E-state index contributed by atoms with van der Waals surface area (Å²) in [5.74, 6) is 0.194. The summed E-state index contributed by atoms with van der Waals surface area (Å²) in [6.07, 6.45) is 1.42. The van der Waals surface area contributed by atoms with Crippen molar-refractivity contribution in [3.8, 4) is 11.5 Å². The second kappa shape index (κ2) is 9.83. The number of hydrogen-bond acceptors (Lipinski definition) is 6. The molecule has 1 aliphatic heterocycles. The topological polar surface area (TPSA) is 79.7 Å². The van der Waals surface area contributed by atoms with E-state index in [1.165, 1.54) is 42.2 Å². The van der Waals surface area contributed by atoms with Crippen LogP contribution >= 0.6 is 0 Å². The predicted molar refractivity (Wildman–Crippen MR) is 124 cm³/mol. The molecule has 0 aliphatic carbocycles. The van der Waals surface area contributed by atoms with Crippen LogP contribution in [0, 0.1) is 5.82 Å². The zero-order chi connectivity index (χ0) is 23.4. The Hall–Kier alpha value is -3.72. The van der Waals surface area contributed by atoms with Gasteiger partial charge >= 0.3 is 0 Å². The van der Waals surface area contributed by atoms with Gasteiger partial charge in [-0.3, -0.25) is 9.59 Å². The van der Waals surface area contributed by atoms with Gasteiger partial charge in [-0.25, -0.2) is 9.07 Å². The first-order valence-corrected chi connectivity index (χ1v) is 10.8. The summed E-state index contributed by atoms with van der Waals surface area (Å²) >= 11 is 0. The molecule has 9 heteroatoms. The third-order valence-corrected chi connectivity index (χ3v) is 5.65. The average molecular weight is 452 g/mol. The van der Waals surface area contributed by atoms with Gasteiger partial charge in [0, 0.05) is 44.5 Å². The van der Waals surface area contributed by atoms with Crippen LogP contribution in [0.15, 0.2) is 59.5 Å². The number of anilines is 2. The SMILES string of the molecule is CCN1CCN(C(=O)c2ccc(Nc3c(Oc4ccc(F)cc4)cnn(C)c3=O)cc2)CC1. The fourth-order valence-electron chi connectivity index (χ4n) is 3.64. The van der Waals surface area contributed by atoms with Crippen LogP contribution in [0.1, 0.15) is 17.3 Å². The second-order valence-electron chi connectivity index (χ2n) is 7.80. The summed E-state index contributed by atoms with van der Waals surface area (Å²) in [4.78, 5) is 29.7. The quantitative estimate of drug-likeness (QED) is 0.620. The van der Waals surface area contributed by atoms with Crippen molar-refractivity contribution >= 4 is 17.3 Å². The van der Waals surface area contributed by atoms with E-state index in [0.29, 0.717) is 30.1 Å². The number of ether oxygens (including phenoxy) is 1. The molecular formula is C24H26FN5O3. The van der Waals surface area contributed by atoms with Crippen molar-refractivity contribution in [3.63, 3.8) is 0 Å². The molecule has 2 aromatic carbocycles. The van der Waals surface area contributed by atoms with Crippen LogP contribution in [0.25, 0.3) is 0 Å². The lowest BCUT2D eigenvalue weighted by Gasteiger charge is -2.34. The first-order chi connectivity index (χ1) is 15.9. The fraction of sp³-hybridized carbons (Fsp3) is 0.292. The summed E-state index contributed by atoms with van der Waals surface area (Å²) in [6.45, 7) is 6.29. The highest BCUT2D eigenvalue weighted by Gasteiger charge is 2.21. The summed E-state index contributed by atoms with van der Waals surface area (Å²) < 4.78 is 20.1. The van der Waals surface area contributed by atoms with Gasteiger partial charge < -0.3 is 19.9 Å². The van der Waals surface area contributed by atoms with Gasteiger partial charge in [-0.05, 0) is 55.1 Å². The number of aryl methyl sites for hydroxylation is 1. The number of nitrogens with one attached hydrogen (secondary N) is 1. The van der Waals surface area contributed by atoms with Gasteiger partial charge in [-0.15, -0.1) is 0 Å². The van der Waals surface area contributed by atoms with Gasteiger partial charge in [0.2, 0.25) is 0 Å². The van der Waals surface area contributed by atoms with Crippen molar-refractivity contribution in [2.45, 2.75) is 6.92 Å². The first-order valence-electron chi connectivity index (χ1n) is 10.8. The molecule has 0 radical (unpaired) electrons. The lowest BCUT2D eigenvalue weighted by atomic mass is 10.1. The molecule has 3 aromatic rings. The Labute approximate surface area is 191 Å². The summed E-state index contributed by atoms with van der Waals surface area (Å²) in [5.41, 5.74) is 1.01. The number of halogens is 1. The van der Waals surface area contributed by atoms with Gasteiger partial charge in [0.25, 0.3) is 11.5 Å². The molecule has 1 aromatic heterocycles. The minimum Gasteiger partial charge on any atom is -0.453 e. The fourth-order valence-corrected chi connectivity index (χ4v) is 3.64. The standard InChI is InChI=1S/C24H26FN5O3/c1-3-29-12-14-30(15-13-29)23(31)17-4-8-19(9-5-17)27-22-21(16-26-28(2)24(22)32)33-20-10-6-18(25)7-11-20/h4-11,16,27H,3,12-15H2,1-2H3. The Morgan fingerprint density at radius 3 is 2.36 bits per heavy atom. The molecule has 172 valence electrons. The van der Waals surface area contributed by atoms with Crippen LogP contribution in [0.3, 0.4) is 0 Å². The lowest BCUT2D eigenvalue weighted by molar-refractivity contribution is 0.0643. The number of carbonyl (C=O) groups excluding carboxylic acids is 1. The number of rotatable bonds is 6. The van der Waals surface area contributed by atoms with E-state index >= 15 is 0 Å². The molecule has 0 saturated carbocycles. The Kier molecular flexibility index (Phi) is 6.69. The maximum absolute atomic E-state index is 13.2. The first kappa shape index (κ1) is 22.5. The molecular weight excluding hydrogens is 425 g/mol. The second-order valence-corrected chi connectivity index (χ2v) is 7.80. The summed E-state index contributed by atoms with van der Waals surface area (Å²) in [6, 6.07) is 12.5. The van der Waals surface area contributed by atoms with Crippen LogP contribution in [-0.2, 0) is 7.05 Å². The minimum absolute atomic E-state index is 0.00235. The molecule has 1 N–H and O–H groups in total. The van der Waals surface area contributed by atoms with Crippen LogP contribution in [-0.4, -0.2) is 58.2 Å². The highest BCUT2D eigenvalue weighted by Crippen LogP contribution is 2.28. The Morgan fingerprint density at radius 1 is 1.06 bits per heavy atom. The van der Waals surface area contributed by atoms with Gasteiger partial charge in [0.1, 0.15) is 11.6 Å².